The van der Waals surface area contributed by atoms with Gasteiger partial charge in [0.05, 0.1) is 5.54 Å². The predicted molar refractivity (Wildman–Crippen MR) is 86.9 cm³/mol. The number of piperazine rings is 1. The van der Waals surface area contributed by atoms with Gasteiger partial charge in [-0.1, -0.05) is 13.8 Å². The first-order valence-corrected chi connectivity index (χ1v) is 8.13. The smallest absolute Gasteiger partial charge is 0.294 e. The minimum atomic E-state index is -0.475. The van der Waals surface area contributed by atoms with E-state index in [2.05, 4.69) is 23.9 Å². The molecule has 0 spiro atoms. The van der Waals surface area contributed by atoms with Gasteiger partial charge in [0.15, 0.2) is 0 Å². The molecule has 2 heterocycles. The van der Waals surface area contributed by atoms with E-state index in [1.165, 1.54) is 0 Å². The quantitative estimate of drug-likeness (QED) is 0.843. The van der Waals surface area contributed by atoms with E-state index < -0.39 is 6.04 Å². The second-order valence-corrected chi connectivity index (χ2v) is 7.54. The van der Waals surface area contributed by atoms with Crippen molar-refractivity contribution < 1.29 is 9.59 Å². The fourth-order valence-electron chi connectivity index (χ4n) is 2.64. The molecule has 1 fully saturated rings. The van der Waals surface area contributed by atoms with Crippen molar-refractivity contribution in [2.24, 2.45) is 5.92 Å². The van der Waals surface area contributed by atoms with Gasteiger partial charge in [-0.3, -0.25) is 9.59 Å². The lowest BCUT2D eigenvalue weighted by Gasteiger charge is -2.39. The summed E-state index contributed by atoms with van der Waals surface area (Å²) in [6.45, 7) is 13.7. The molecule has 7 heteroatoms. The van der Waals surface area contributed by atoms with Crippen LogP contribution < -0.4 is 0 Å². The second-order valence-electron chi connectivity index (χ2n) is 7.54. The maximum Gasteiger partial charge on any atom is 0.294 e. The van der Waals surface area contributed by atoms with Gasteiger partial charge in [-0.2, -0.15) is 0 Å². The van der Waals surface area contributed by atoms with Gasteiger partial charge in [-0.25, -0.2) is 9.67 Å². The summed E-state index contributed by atoms with van der Waals surface area (Å²) in [5, 5.41) is 4.27. The van der Waals surface area contributed by atoms with Crippen LogP contribution in [0.5, 0.6) is 0 Å². The zero-order valence-electron chi connectivity index (χ0n) is 14.9. The average Bonchev–Trinajstić information content (AvgIpc) is 2.93. The van der Waals surface area contributed by atoms with Crippen molar-refractivity contribution in [2.45, 2.75) is 53.1 Å². The molecule has 0 bridgehead atoms. The van der Waals surface area contributed by atoms with E-state index in [1.807, 2.05) is 25.7 Å². The minimum absolute atomic E-state index is 0.00597. The Kier molecular flexibility index (Phi) is 4.77. The Hall–Kier alpha value is -1.92. The molecule has 0 saturated carbocycles. The molecule has 2 rings (SSSR count). The van der Waals surface area contributed by atoms with E-state index in [9.17, 15) is 9.59 Å². The molecule has 2 amide bonds. The highest BCUT2D eigenvalue weighted by Gasteiger charge is 2.36. The third-order valence-electron chi connectivity index (χ3n) is 3.96. The molecule has 1 aliphatic heterocycles. The highest BCUT2D eigenvalue weighted by molar-refractivity contribution is 5.95. The molecule has 0 radical (unpaired) electrons. The fraction of sp³-hybridized carbons (Fsp3) is 0.750. The number of hydrogen-bond donors (Lipinski definition) is 0. The Morgan fingerprint density at radius 2 is 2.00 bits per heavy atom. The number of nitrogens with zero attached hydrogens (tertiary/aromatic N) is 5. The van der Waals surface area contributed by atoms with Gasteiger partial charge < -0.3 is 9.80 Å². The topological polar surface area (TPSA) is 71.3 Å². The molecule has 0 aromatic carbocycles. The van der Waals surface area contributed by atoms with Gasteiger partial charge in [0.25, 0.3) is 5.91 Å². The van der Waals surface area contributed by atoms with Gasteiger partial charge in [-0.05, 0) is 33.6 Å². The molecule has 0 aliphatic carbocycles. The molecule has 7 nitrogen and oxygen atoms in total. The monoisotopic (exact) mass is 321 g/mol. The van der Waals surface area contributed by atoms with E-state index in [4.69, 9.17) is 0 Å². The second kappa shape index (κ2) is 6.29. The Morgan fingerprint density at radius 1 is 1.35 bits per heavy atom. The fourth-order valence-corrected chi connectivity index (χ4v) is 2.64. The summed E-state index contributed by atoms with van der Waals surface area (Å²) in [6.07, 6.45) is 1.56. The first kappa shape index (κ1) is 17.4. The molecule has 1 unspecified atom stereocenters. The van der Waals surface area contributed by atoms with E-state index in [1.54, 1.807) is 22.8 Å². The number of hydrogen-bond acceptors (Lipinski definition) is 4. The van der Waals surface area contributed by atoms with Gasteiger partial charge in [0, 0.05) is 19.6 Å². The third-order valence-corrected chi connectivity index (χ3v) is 3.96. The first-order valence-electron chi connectivity index (χ1n) is 8.13. The van der Waals surface area contributed by atoms with Gasteiger partial charge in [-0.15, -0.1) is 5.10 Å². The summed E-state index contributed by atoms with van der Waals surface area (Å²) in [5.41, 5.74) is -0.233. The predicted octanol–water partition coefficient (Wildman–Crippen LogP) is 1.36. The van der Waals surface area contributed by atoms with Gasteiger partial charge >= 0.3 is 0 Å². The van der Waals surface area contributed by atoms with Crippen molar-refractivity contribution in [3.63, 3.8) is 0 Å². The van der Waals surface area contributed by atoms with Crippen LogP contribution in [-0.2, 0) is 10.3 Å². The molecular formula is C16H27N5O2. The summed E-state index contributed by atoms with van der Waals surface area (Å²) < 4.78 is 1.67. The lowest BCUT2D eigenvalue weighted by atomic mass is 10.1. The van der Waals surface area contributed by atoms with Crippen LogP contribution >= 0.6 is 0 Å². The lowest BCUT2D eigenvalue weighted by molar-refractivity contribution is -0.140. The van der Waals surface area contributed by atoms with Gasteiger partial charge in [0.1, 0.15) is 12.4 Å². The van der Waals surface area contributed by atoms with Crippen LogP contribution in [0.25, 0.3) is 0 Å². The molecule has 1 aromatic rings. The third kappa shape index (κ3) is 3.71. The average molecular weight is 321 g/mol. The molecule has 1 saturated heterocycles. The number of carbonyl (C=O) groups excluding carboxylic acids is 2. The Bertz CT molecular complexity index is 588. The molecule has 128 valence electrons. The number of rotatable bonds is 3. The van der Waals surface area contributed by atoms with E-state index in [-0.39, 0.29) is 23.2 Å². The number of carbonyl (C=O) groups is 2. The zero-order chi connectivity index (χ0) is 17.4. The maximum absolute atomic E-state index is 12.6. The maximum atomic E-state index is 12.6. The Morgan fingerprint density at radius 3 is 2.52 bits per heavy atom. The molecule has 23 heavy (non-hydrogen) atoms. The number of aromatic nitrogens is 3. The standard InChI is InChI=1S/C16H27N5O2/c1-11(2)9-19-7-8-20(12(3)14(19)22)15(23)13-17-10-21(18-13)16(4,5)6/h10-12H,7-9H2,1-6H3. The molecule has 1 aromatic heterocycles. The largest absolute Gasteiger partial charge is 0.339 e. The van der Waals surface area contributed by atoms with Crippen LogP contribution in [0.3, 0.4) is 0 Å². The van der Waals surface area contributed by atoms with Crippen molar-refractivity contribution in [2.75, 3.05) is 19.6 Å². The Labute approximate surface area is 137 Å². The SMILES string of the molecule is CC(C)CN1CCN(C(=O)c2ncn(C(C)(C)C)n2)C(C)C1=O. The summed E-state index contributed by atoms with van der Waals surface area (Å²) >= 11 is 0. The number of amides is 2. The van der Waals surface area contributed by atoms with Crippen LogP contribution in [0, 0.1) is 5.92 Å². The van der Waals surface area contributed by atoms with Crippen LogP contribution in [-0.4, -0.2) is 62.1 Å². The van der Waals surface area contributed by atoms with Crippen LogP contribution in [0.2, 0.25) is 0 Å². The summed E-state index contributed by atoms with van der Waals surface area (Å²) in [6, 6.07) is -0.475. The van der Waals surface area contributed by atoms with Crippen LogP contribution in [0.1, 0.15) is 52.2 Å². The first-order chi connectivity index (χ1) is 10.6. The van der Waals surface area contributed by atoms with Crippen LogP contribution in [0.4, 0.5) is 0 Å². The highest BCUT2D eigenvalue weighted by Crippen LogP contribution is 2.16. The van der Waals surface area contributed by atoms with Crippen molar-refractivity contribution in [3.8, 4) is 0 Å². The Balaban J connectivity index is 2.12. The molecule has 1 atom stereocenters. The van der Waals surface area contributed by atoms with E-state index >= 15 is 0 Å². The summed E-state index contributed by atoms with van der Waals surface area (Å²) in [4.78, 5) is 32.6. The van der Waals surface area contributed by atoms with E-state index in [0.717, 1.165) is 6.54 Å². The van der Waals surface area contributed by atoms with Crippen molar-refractivity contribution in [1.82, 2.24) is 24.6 Å². The zero-order valence-corrected chi connectivity index (χ0v) is 14.9. The molecular weight excluding hydrogens is 294 g/mol. The van der Waals surface area contributed by atoms with Crippen molar-refractivity contribution in [3.05, 3.63) is 12.2 Å². The lowest BCUT2D eigenvalue weighted by Crippen LogP contribution is -2.58. The highest BCUT2D eigenvalue weighted by atomic mass is 16.2. The van der Waals surface area contributed by atoms with Crippen molar-refractivity contribution >= 4 is 11.8 Å². The van der Waals surface area contributed by atoms with Crippen molar-refractivity contribution in [1.29, 1.82) is 0 Å². The van der Waals surface area contributed by atoms with Crippen LogP contribution in [0.15, 0.2) is 6.33 Å². The van der Waals surface area contributed by atoms with E-state index in [0.29, 0.717) is 19.0 Å². The molecule has 1 aliphatic rings. The van der Waals surface area contributed by atoms with Gasteiger partial charge in [0.2, 0.25) is 11.7 Å². The minimum Gasteiger partial charge on any atom is -0.339 e. The summed E-state index contributed by atoms with van der Waals surface area (Å²) in [5.74, 6) is 0.279. The molecule has 0 N–H and O–H groups in total. The summed E-state index contributed by atoms with van der Waals surface area (Å²) in [7, 11) is 0. The normalized spacial score (nSPS) is 19.6.